The lowest BCUT2D eigenvalue weighted by Gasteiger charge is -2.18. The van der Waals surface area contributed by atoms with Crippen LogP contribution in [0.3, 0.4) is 0 Å². The van der Waals surface area contributed by atoms with Gasteiger partial charge in [-0.2, -0.15) is 11.8 Å². The summed E-state index contributed by atoms with van der Waals surface area (Å²) in [6.45, 7) is 4.49. The largest absolute Gasteiger partial charge is 0.304 e. The summed E-state index contributed by atoms with van der Waals surface area (Å²) in [5, 5.41) is 0. The molecule has 1 amide bonds. The fourth-order valence-electron chi connectivity index (χ4n) is 2.23. The second-order valence-corrected chi connectivity index (χ2v) is 5.24. The number of thioether (sulfide) groups is 1. The highest BCUT2D eigenvalue weighted by Gasteiger charge is 2.36. The van der Waals surface area contributed by atoms with Gasteiger partial charge in [0.05, 0.1) is 11.3 Å². The van der Waals surface area contributed by atoms with E-state index in [1.807, 2.05) is 32.2 Å². The third-order valence-electron chi connectivity index (χ3n) is 2.92. The highest BCUT2D eigenvalue weighted by Crippen LogP contribution is 2.33. The van der Waals surface area contributed by atoms with E-state index in [2.05, 4.69) is 0 Å². The quantitative estimate of drug-likeness (QED) is 0.771. The number of aryl methyl sites for hydroxylation is 2. The number of hydrogen-bond acceptors (Lipinski definition) is 3. The second kappa shape index (κ2) is 4.53. The van der Waals surface area contributed by atoms with Crippen molar-refractivity contribution in [2.24, 2.45) is 0 Å². The third-order valence-corrected chi connectivity index (χ3v) is 3.51. The Morgan fingerprint density at radius 3 is 2.59 bits per heavy atom. The van der Waals surface area contributed by atoms with Crippen LogP contribution in [0.25, 0.3) is 0 Å². The Hall–Kier alpha value is -1.29. The lowest BCUT2D eigenvalue weighted by molar-refractivity contribution is -0.114. The molecule has 0 aromatic heterocycles. The van der Waals surface area contributed by atoms with Crippen LogP contribution in [0, 0.1) is 13.8 Å². The zero-order valence-electron chi connectivity index (χ0n) is 10.2. The smallest absolute Gasteiger partial charge is 0.299 e. The van der Waals surface area contributed by atoms with Crippen LogP contribution in [0.1, 0.15) is 21.5 Å². The van der Waals surface area contributed by atoms with Crippen LogP contribution in [-0.4, -0.2) is 30.2 Å². The summed E-state index contributed by atoms with van der Waals surface area (Å²) in [5.74, 6) is 0.0850. The molecule has 0 unspecified atom stereocenters. The van der Waals surface area contributed by atoms with Gasteiger partial charge in [-0.1, -0.05) is 6.07 Å². The van der Waals surface area contributed by atoms with Crippen molar-refractivity contribution in [3.63, 3.8) is 0 Å². The van der Waals surface area contributed by atoms with Gasteiger partial charge in [0.25, 0.3) is 11.7 Å². The molecule has 0 radical (unpaired) electrons. The molecule has 0 saturated carbocycles. The van der Waals surface area contributed by atoms with Crippen molar-refractivity contribution in [2.45, 2.75) is 13.8 Å². The zero-order chi connectivity index (χ0) is 12.6. The van der Waals surface area contributed by atoms with Crippen molar-refractivity contribution in [2.75, 3.05) is 23.5 Å². The summed E-state index contributed by atoms with van der Waals surface area (Å²) in [4.78, 5) is 25.4. The monoisotopic (exact) mass is 249 g/mol. The first-order valence-corrected chi connectivity index (χ1v) is 6.92. The molecule has 0 spiro atoms. The number of fused-ring (bicyclic) bond motifs is 1. The molecular weight excluding hydrogens is 234 g/mol. The fraction of sp³-hybridized carbons (Fsp3) is 0.385. The molecule has 1 aliphatic rings. The summed E-state index contributed by atoms with van der Waals surface area (Å²) < 4.78 is 0. The van der Waals surface area contributed by atoms with Crippen molar-refractivity contribution in [1.82, 2.24) is 0 Å². The maximum absolute atomic E-state index is 11.9. The Bertz CT molecular complexity index is 496. The average Bonchev–Trinajstić information content (AvgIpc) is 2.51. The van der Waals surface area contributed by atoms with Crippen molar-refractivity contribution in [3.05, 3.63) is 28.8 Å². The van der Waals surface area contributed by atoms with Crippen molar-refractivity contribution in [1.29, 1.82) is 0 Å². The Labute approximate surface area is 105 Å². The minimum Gasteiger partial charge on any atom is -0.304 e. The Morgan fingerprint density at radius 2 is 1.94 bits per heavy atom. The van der Waals surface area contributed by atoms with Crippen LogP contribution < -0.4 is 4.90 Å². The minimum atomic E-state index is -0.386. The number of anilines is 1. The van der Waals surface area contributed by atoms with Gasteiger partial charge in [-0.05, 0) is 37.3 Å². The van der Waals surface area contributed by atoms with Gasteiger partial charge < -0.3 is 4.90 Å². The fourth-order valence-corrected chi connectivity index (χ4v) is 2.59. The number of ketones is 1. The Balaban J connectivity index is 2.48. The Kier molecular flexibility index (Phi) is 3.24. The average molecular weight is 249 g/mol. The lowest BCUT2D eigenvalue weighted by Crippen LogP contribution is -2.32. The summed E-state index contributed by atoms with van der Waals surface area (Å²) in [6.07, 6.45) is 1.99. The van der Waals surface area contributed by atoms with Gasteiger partial charge >= 0.3 is 0 Å². The van der Waals surface area contributed by atoms with Gasteiger partial charge in [0.2, 0.25) is 0 Å². The highest BCUT2D eigenvalue weighted by molar-refractivity contribution is 7.98. The molecule has 0 saturated heterocycles. The van der Waals surface area contributed by atoms with E-state index in [-0.39, 0.29) is 11.7 Å². The first kappa shape index (κ1) is 12.2. The van der Waals surface area contributed by atoms with Crippen LogP contribution in [-0.2, 0) is 4.79 Å². The molecule has 1 aromatic rings. The van der Waals surface area contributed by atoms with Gasteiger partial charge in [-0.3, -0.25) is 9.59 Å². The van der Waals surface area contributed by atoms with Gasteiger partial charge in [-0.25, -0.2) is 0 Å². The van der Waals surface area contributed by atoms with Crippen molar-refractivity contribution < 1.29 is 9.59 Å². The first-order valence-electron chi connectivity index (χ1n) is 5.52. The second-order valence-electron chi connectivity index (χ2n) is 4.26. The maximum atomic E-state index is 11.9. The molecule has 0 N–H and O–H groups in total. The van der Waals surface area contributed by atoms with Crippen LogP contribution in [0.5, 0.6) is 0 Å². The molecule has 1 heterocycles. The molecule has 0 aliphatic carbocycles. The number of benzene rings is 1. The lowest BCUT2D eigenvalue weighted by atomic mass is 10.0. The standard InChI is InChI=1S/C13H15NO2S/c1-8-6-9(2)11-10(7-8)12(15)13(16)14(11)4-5-17-3/h6-7H,4-5H2,1-3H3. The van der Waals surface area contributed by atoms with E-state index in [9.17, 15) is 9.59 Å². The van der Waals surface area contributed by atoms with Gasteiger partial charge in [0, 0.05) is 12.3 Å². The van der Waals surface area contributed by atoms with Gasteiger partial charge in [0.1, 0.15) is 0 Å². The van der Waals surface area contributed by atoms with Crippen LogP contribution in [0.4, 0.5) is 5.69 Å². The molecule has 90 valence electrons. The van der Waals surface area contributed by atoms with Gasteiger partial charge in [-0.15, -0.1) is 0 Å². The van der Waals surface area contributed by atoms with Crippen molar-refractivity contribution >= 4 is 29.1 Å². The number of carbonyl (C=O) groups excluding carboxylic acids is 2. The van der Waals surface area contributed by atoms with Crippen LogP contribution in [0.2, 0.25) is 0 Å². The molecule has 4 heteroatoms. The highest BCUT2D eigenvalue weighted by atomic mass is 32.2. The number of nitrogens with zero attached hydrogens (tertiary/aromatic N) is 1. The number of carbonyl (C=O) groups is 2. The number of Topliss-reactive ketones (excluding diaryl/α,β-unsaturated/α-hetero) is 1. The molecule has 3 nitrogen and oxygen atoms in total. The van der Waals surface area contributed by atoms with E-state index in [0.717, 1.165) is 22.6 Å². The van der Waals surface area contributed by atoms with E-state index in [1.165, 1.54) is 0 Å². The minimum absolute atomic E-state index is 0.368. The molecule has 1 aromatic carbocycles. The predicted molar refractivity (Wildman–Crippen MR) is 71.0 cm³/mol. The molecule has 0 atom stereocenters. The summed E-state index contributed by atoms with van der Waals surface area (Å²) >= 11 is 1.67. The molecule has 17 heavy (non-hydrogen) atoms. The predicted octanol–water partition coefficient (Wildman–Crippen LogP) is 2.20. The normalized spacial score (nSPS) is 14.4. The molecule has 0 fully saturated rings. The van der Waals surface area contributed by atoms with Crippen molar-refractivity contribution in [3.8, 4) is 0 Å². The Morgan fingerprint density at radius 1 is 1.24 bits per heavy atom. The summed E-state index contributed by atoms with van der Waals surface area (Å²) in [5.41, 5.74) is 3.39. The zero-order valence-corrected chi connectivity index (χ0v) is 11.1. The summed E-state index contributed by atoms with van der Waals surface area (Å²) in [6, 6.07) is 3.82. The number of amides is 1. The number of rotatable bonds is 3. The molecule has 2 rings (SSSR count). The number of hydrogen-bond donors (Lipinski definition) is 0. The van der Waals surface area contributed by atoms with Gasteiger partial charge in [0.15, 0.2) is 0 Å². The first-order chi connectivity index (χ1) is 8.06. The maximum Gasteiger partial charge on any atom is 0.299 e. The van der Waals surface area contributed by atoms with Crippen LogP contribution >= 0.6 is 11.8 Å². The molecular formula is C13H15NO2S. The molecule has 0 bridgehead atoms. The van der Waals surface area contributed by atoms with E-state index >= 15 is 0 Å². The third kappa shape index (κ3) is 1.97. The summed E-state index contributed by atoms with van der Waals surface area (Å²) in [7, 11) is 0. The van der Waals surface area contributed by atoms with E-state index in [4.69, 9.17) is 0 Å². The van der Waals surface area contributed by atoms with E-state index in [0.29, 0.717) is 12.1 Å². The molecule has 1 aliphatic heterocycles. The topological polar surface area (TPSA) is 37.4 Å². The van der Waals surface area contributed by atoms with E-state index < -0.39 is 0 Å². The van der Waals surface area contributed by atoms with E-state index in [1.54, 1.807) is 16.7 Å². The SMILES string of the molecule is CSCCN1C(=O)C(=O)c2cc(C)cc(C)c21. The van der Waals surface area contributed by atoms with Crippen LogP contribution in [0.15, 0.2) is 12.1 Å².